The third kappa shape index (κ3) is 3.99. The Morgan fingerprint density at radius 1 is 1.13 bits per heavy atom. The third-order valence-corrected chi connectivity index (χ3v) is 8.35. The molecule has 3 amide bonds. The molecule has 6 rings (SSSR count). The maximum absolute atomic E-state index is 14.2. The van der Waals surface area contributed by atoms with Crippen LogP contribution in [0.1, 0.15) is 37.8 Å². The summed E-state index contributed by atoms with van der Waals surface area (Å²) in [5, 5.41) is 24.7. The van der Waals surface area contributed by atoms with Gasteiger partial charge in [-0.3, -0.25) is 14.4 Å². The molecule has 3 saturated heterocycles. The second-order valence-electron chi connectivity index (χ2n) is 10.5. The summed E-state index contributed by atoms with van der Waals surface area (Å²) in [6, 6.07) is 14.8. The first-order valence-corrected chi connectivity index (χ1v) is 13.5. The van der Waals surface area contributed by atoms with Crippen LogP contribution in [0, 0.1) is 11.8 Å². The molecule has 11 nitrogen and oxygen atoms in total. The van der Waals surface area contributed by atoms with Gasteiger partial charge in [0.1, 0.15) is 23.8 Å². The maximum atomic E-state index is 14.2. The number of hydrogen-bond acceptors (Lipinski definition) is 7. The van der Waals surface area contributed by atoms with Crippen molar-refractivity contribution in [3.63, 3.8) is 0 Å². The predicted molar refractivity (Wildman–Crippen MR) is 140 cm³/mol. The van der Waals surface area contributed by atoms with Gasteiger partial charge in [0.2, 0.25) is 17.7 Å². The minimum absolute atomic E-state index is 0.0393. The minimum atomic E-state index is -1.16. The number of likely N-dealkylation sites (tertiary alicyclic amines) is 1. The summed E-state index contributed by atoms with van der Waals surface area (Å²) < 4.78 is 8.05. The smallest absolute Gasteiger partial charge is 0.247 e. The van der Waals surface area contributed by atoms with E-state index in [2.05, 4.69) is 20.9 Å². The number of carbonyl (C=O) groups is 3. The Labute approximate surface area is 225 Å². The Balaban J connectivity index is 1.36. The van der Waals surface area contributed by atoms with Gasteiger partial charge >= 0.3 is 0 Å². The number of rotatable bonds is 9. The molecule has 3 fully saturated rings. The van der Waals surface area contributed by atoms with Crippen LogP contribution in [0.3, 0.4) is 0 Å². The lowest BCUT2D eigenvalue weighted by atomic mass is 9.70. The molecule has 4 heterocycles. The van der Waals surface area contributed by atoms with Gasteiger partial charge in [-0.05, 0) is 37.0 Å². The fourth-order valence-electron chi connectivity index (χ4n) is 6.71. The van der Waals surface area contributed by atoms with Crippen molar-refractivity contribution >= 4 is 28.8 Å². The normalized spacial score (nSPS) is 28.1. The van der Waals surface area contributed by atoms with E-state index in [0.717, 1.165) is 11.9 Å². The first-order chi connectivity index (χ1) is 19.0. The van der Waals surface area contributed by atoms with Gasteiger partial charge in [0.05, 0.1) is 36.1 Å². The number of benzene rings is 2. The quantitative estimate of drug-likeness (QED) is 0.376. The number of para-hydroxylation sites is 1. The SMILES string of the molecule is CCCNC(=O)[C@@H]1[C@H]2C(=O)N([C@H](CO)c3ccccc3)C(C(=O)NCn3nnc4ccccc43)C23CC[C@H]1O3. The highest BCUT2D eigenvalue weighted by molar-refractivity contribution is 5.99. The van der Waals surface area contributed by atoms with Gasteiger partial charge < -0.3 is 25.4 Å². The number of carbonyl (C=O) groups excluding carboxylic acids is 3. The second kappa shape index (κ2) is 10.0. The summed E-state index contributed by atoms with van der Waals surface area (Å²) in [7, 11) is 0. The Bertz CT molecular complexity index is 1400. The molecule has 3 aromatic rings. The van der Waals surface area contributed by atoms with E-state index in [9.17, 15) is 19.5 Å². The van der Waals surface area contributed by atoms with E-state index in [1.165, 1.54) is 4.90 Å². The number of nitrogens with one attached hydrogen (secondary N) is 2. The highest BCUT2D eigenvalue weighted by Crippen LogP contribution is 2.59. The average Bonchev–Trinajstić information content (AvgIpc) is 3.71. The van der Waals surface area contributed by atoms with Crippen LogP contribution >= 0.6 is 0 Å². The van der Waals surface area contributed by atoms with Gasteiger partial charge in [-0.2, -0.15) is 0 Å². The number of nitrogens with zero attached hydrogens (tertiary/aromatic N) is 4. The molecule has 1 aromatic heterocycles. The van der Waals surface area contributed by atoms with Crippen LogP contribution in [0.25, 0.3) is 11.0 Å². The fourth-order valence-corrected chi connectivity index (χ4v) is 6.71. The highest BCUT2D eigenvalue weighted by Gasteiger charge is 2.75. The number of aliphatic hydroxyl groups excluding tert-OH is 1. The number of fused-ring (bicyclic) bond motifs is 2. The van der Waals surface area contributed by atoms with Crippen molar-refractivity contribution < 1.29 is 24.2 Å². The van der Waals surface area contributed by atoms with E-state index in [1.807, 2.05) is 61.5 Å². The number of aliphatic hydroxyl groups is 1. The lowest BCUT2D eigenvalue weighted by Crippen LogP contribution is -2.56. The average molecular weight is 533 g/mol. The van der Waals surface area contributed by atoms with E-state index in [-0.39, 0.29) is 25.1 Å². The van der Waals surface area contributed by atoms with Gasteiger partial charge in [0.25, 0.3) is 0 Å². The minimum Gasteiger partial charge on any atom is -0.394 e. The van der Waals surface area contributed by atoms with Crippen LogP contribution in [0.4, 0.5) is 0 Å². The summed E-state index contributed by atoms with van der Waals surface area (Å²) in [5.74, 6) is -2.49. The highest BCUT2D eigenvalue weighted by atomic mass is 16.5. The Hall–Kier alpha value is -3.83. The molecule has 3 aliphatic heterocycles. The second-order valence-corrected chi connectivity index (χ2v) is 10.5. The molecule has 0 aliphatic carbocycles. The zero-order valence-electron chi connectivity index (χ0n) is 21.7. The van der Waals surface area contributed by atoms with Crippen LogP contribution < -0.4 is 10.6 Å². The van der Waals surface area contributed by atoms with Crippen LogP contribution in [0.2, 0.25) is 0 Å². The van der Waals surface area contributed by atoms with Crippen LogP contribution in [0.15, 0.2) is 54.6 Å². The molecule has 6 atom stereocenters. The molecular weight excluding hydrogens is 500 g/mol. The molecule has 3 N–H and O–H groups in total. The van der Waals surface area contributed by atoms with Gasteiger partial charge in [-0.25, -0.2) is 4.68 Å². The monoisotopic (exact) mass is 532 g/mol. The van der Waals surface area contributed by atoms with Crippen LogP contribution in [-0.2, 0) is 25.8 Å². The van der Waals surface area contributed by atoms with Crippen molar-refractivity contribution in [2.45, 2.75) is 56.6 Å². The van der Waals surface area contributed by atoms with Gasteiger partial charge in [0.15, 0.2) is 0 Å². The van der Waals surface area contributed by atoms with Crippen LogP contribution in [-0.4, -0.2) is 73.6 Å². The van der Waals surface area contributed by atoms with E-state index in [0.29, 0.717) is 30.5 Å². The molecule has 1 spiro atoms. The van der Waals surface area contributed by atoms with E-state index < -0.39 is 41.5 Å². The van der Waals surface area contributed by atoms with Gasteiger partial charge in [-0.1, -0.05) is 54.6 Å². The molecule has 2 aromatic carbocycles. The first kappa shape index (κ1) is 25.4. The molecule has 204 valence electrons. The third-order valence-electron chi connectivity index (χ3n) is 8.35. The number of aromatic nitrogens is 3. The fraction of sp³-hybridized carbons (Fsp3) is 0.464. The van der Waals surface area contributed by atoms with Crippen molar-refractivity contribution in [1.82, 2.24) is 30.5 Å². The lowest BCUT2D eigenvalue weighted by Gasteiger charge is -2.36. The van der Waals surface area contributed by atoms with Crippen molar-refractivity contribution in [2.75, 3.05) is 13.2 Å². The molecule has 11 heteroatoms. The van der Waals surface area contributed by atoms with Crippen molar-refractivity contribution in [2.24, 2.45) is 11.8 Å². The summed E-state index contributed by atoms with van der Waals surface area (Å²) in [6.07, 6.45) is 1.38. The summed E-state index contributed by atoms with van der Waals surface area (Å²) in [5.41, 5.74) is 1.00. The predicted octanol–water partition coefficient (Wildman–Crippen LogP) is 1.14. The molecule has 2 bridgehead atoms. The molecule has 3 aliphatic rings. The summed E-state index contributed by atoms with van der Waals surface area (Å²) in [6.45, 7) is 2.12. The zero-order valence-corrected chi connectivity index (χ0v) is 21.7. The molecule has 39 heavy (non-hydrogen) atoms. The van der Waals surface area contributed by atoms with E-state index in [4.69, 9.17) is 4.74 Å². The number of ether oxygens (including phenoxy) is 1. The summed E-state index contributed by atoms with van der Waals surface area (Å²) >= 11 is 0. The van der Waals surface area contributed by atoms with Gasteiger partial charge in [0, 0.05) is 6.54 Å². The lowest BCUT2D eigenvalue weighted by molar-refractivity contribution is -0.146. The topological polar surface area (TPSA) is 139 Å². The van der Waals surface area contributed by atoms with Crippen LogP contribution in [0.5, 0.6) is 0 Å². The Morgan fingerprint density at radius 3 is 2.67 bits per heavy atom. The zero-order chi connectivity index (χ0) is 27.1. The standard InChI is InChI=1S/C28H32N6O5/c1-2-14-29-25(36)22-21-12-13-28(39-21)23(22)27(38)34(20(15-35)17-8-4-3-5-9-17)24(28)26(37)30-16-33-19-11-7-6-10-18(19)31-32-33/h3-11,20-24,35H,2,12-16H2,1H3,(H,29,36)(H,30,37)/t20-,21-,22+,23+,24?,28?/m1/s1. The maximum Gasteiger partial charge on any atom is 0.247 e. The molecule has 0 radical (unpaired) electrons. The largest absolute Gasteiger partial charge is 0.394 e. The first-order valence-electron chi connectivity index (χ1n) is 13.5. The Kier molecular flexibility index (Phi) is 6.56. The van der Waals surface area contributed by atoms with Crippen molar-refractivity contribution in [1.29, 1.82) is 0 Å². The number of hydrogen-bond donors (Lipinski definition) is 3. The van der Waals surface area contributed by atoms with Crippen molar-refractivity contribution in [3.8, 4) is 0 Å². The molecular formula is C28H32N6O5. The molecule has 0 saturated carbocycles. The summed E-state index contributed by atoms with van der Waals surface area (Å²) in [4.78, 5) is 42.9. The van der Waals surface area contributed by atoms with Crippen molar-refractivity contribution in [3.05, 3.63) is 60.2 Å². The van der Waals surface area contributed by atoms with E-state index in [1.54, 1.807) is 4.68 Å². The molecule has 2 unspecified atom stereocenters. The van der Waals surface area contributed by atoms with E-state index >= 15 is 0 Å². The van der Waals surface area contributed by atoms with Gasteiger partial charge in [-0.15, -0.1) is 5.10 Å². The number of amides is 3. The Morgan fingerprint density at radius 2 is 1.90 bits per heavy atom.